The molecule has 3 rings (SSSR count). The van der Waals surface area contributed by atoms with E-state index in [0.29, 0.717) is 58.1 Å². The minimum Gasteiger partial charge on any atom is -0.493 e. The molecular weight excluding hydrogens is 422 g/mol. The van der Waals surface area contributed by atoms with E-state index in [4.69, 9.17) is 19.2 Å². The molecule has 3 aromatic rings. The summed E-state index contributed by atoms with van der Waals surface area (Å²) in [6, 6.07) is 12.7. The van der Waals surface area contributed by atoms with Gasteiger partial charge in [-0.2, -0.15) is 0 Å². The number of hydrogen-bond donors (Lipinski definition) is 1. The highest BCUT2D eigenvalue weighted by Crippen LogP contribution is 2.41. The first-order valence-corrected chi connectivity index (χ1v) is 10.7. The number of benzene rings is 2. The van der Waals surface area contributed by atoms with Crippen LogP contribution < -0.4 is 19.5 Å². The van der Waals surface area contributed by atoms with Gasteiger partial charge in [0.2, 0.25) is 11.7 Å². The Morgan fingerprint density at radius 2 is 1.58 bits per heavy atom. The molecule has 0 aliphatic heterocycles. The Labute approximate surface area is 193 Å². The molecule has 1 N–H and O–H groups in total. The third kappa shape index (κ3) is 5.00. The van der Waals surface area contributed by atoms with Crippen LogP contribution in [0.5, 0.6) is 17.2 Å². The van der Waals surface area contributed by atoms with Crippen molar-refractivity contribution in [2.24, 2.45) is 0 Å². The Hall–Kier alpha value is -3.81. The fourth-order valence-electron chi connectivity index (χ4n) is 3.68. The van der Waals surface area contributed by atoms with Gasteiger partial charge >= 0.3 is 0 Å². The van der Waals surface area contributed by atoms with E-state index in [1.54, 1.807) is 37.3 Å². The van der Waals surface area contributed by atoms with E-state index in [9.17, 15) is 9.59 Å². The summed E-state index contributed by atoms with van der Waals surface area (Å²) in [4.78, 5) is 31.9. The van der Waals surface area contributed by atoms with Crippen LogP contribution in [0.2, 0.25) is 0 Å². The zero-order chi connectivity index (χ0) is 24.0. The van der Waals surface area contributed by atoms with Crippen LogP contribution in [0.1, 0.15) is 24.2 Å². The van der Waals surface area contributed by atoms with Crippen LogP contribution in [0.4, 0.5) is 0 Å². The Morgan fingerprint density at radius 3 is 2.15 bits per heavy atom. The maximum absolute atomic E-state index is 13.1. The maximum Gasteiger partial charge on any atom is 0.252 e. The molecule has 8 nitrogen and oxygen atoms in total. The van der Waals surface area contributed by atoms with Crippen molar-refractivity contribution in [2.45, 2.75) is 13.8 Å². The van der Waals surface area contributed by atoms with Gasteiger partial charge in [0.1, 0.15) is 0 Å². The number of amides is 2. The van der Waals surface area contributed by atoms with Crippen LogP contribution in [0.25, 0.3) is 22.2 Å². The molecule has 0 saturated heterocycles. The quantitative estimate of drug-likeness (QED) is 0.535. The first-order valence-electron chi connectivity index (χ1n) is 10.7. The zero-order valence-electron chi connectivity index (χ0n) is 19.6. The second-order valence-corrected chi connectivity index (χ2v) is 7.23. The maximum atomic E-state index is 13.1. The molecule has 33 heavy (non-hydrogen) atoms. The van der Waals surface area contributed by atoms with E-state index in [-0.39, 0.29) is 18.4 Å². The molecular formula is C25H29N3O5. The normalized spacial score (nSPS) is 10.6. The third-order valence-electron chi connectivity index (χ3n) is 5.44. The number of para-hydroxylation sites is 1. The van der Waals surface area contributed by atoms with Gasteiger partial charge in [0, 0.05) is 24.0 Å². The molecule has 8 heteroatoms. The van der Waals surface area contributed by atoms with Gasteiger partial charge in [-0.3, -0.25) is 9.59 Å². The van der Waals surface area contributed by atoms with Gasteiger partial charge in [0.25, 0.3) is 5.91 Å². The predicted octanol–water partition coefficient (Wildman–Crippen LogP) is 3.53. The van der Waals surface area contributed by atoms with Crippen molar-refractivity contribution in [3.8, 4) is 28.5 Å². The second kappa shape index (κ2) is 10.7. The molecule has 1 aromatic heterocycles. The average molecular weight is 452 g/mol. The van der Waals surface area contributed by atoms with E-state index in [0.717, 1.165) is 0 Å². The Morgan fingerprint density at radius 1 is 0.939 bits per heavy atom. The molecule has 0 bridgehead atoms. The third-order valence-corrected chi connectivity index (χ3v) is 5.44. The van der Waals surface area contributed by atoms with Gasteiger partial charge in [0.15, 0.2) is 11.5 Å². The number of nitrogens with zero attached hydrogens (tertiary/aromatic N) is 2. The van der Waals surface area contributed by atoms with E-state index < -0.39 is 0 Å². The summed E-state index contributed by atoms with van der Waals surface area (Å²) >= 11 is 0. The molecule has 0 radical (unpaired) electrons. The number of likely N-dealkylation sites (N-methyl/N-ethyl adjacent to an activating group) is 1. The van der Waals surface area contributed by atoms with Crippen molar-refractivity contribution in [3.63, 3.8) is 0 Å². The van der Waals surface area contributed by atoms with Crippen molar-refractivity contribution in [1.29, 1.82) is 0 Å². The summed E-state index contributed by atoms with van der Waals surface area (Å²) in [7, 11) is 4.62. The molecule has 174 valence electrons. The Bertz CT molecular complexity index is 1130. The fourth-order valence-corrected chi connectivity index (χ4v) is 3.68. The molecule has 1 heterocycles. The molecule has 0 unspecified atom stereocenters. The minimum atomic E-state index is -0.345. The lowest BCUT2D eigenvalue weighted by Gasteiger charge is -2.19. The van der Waals surface area contributed by atoms with E-state index in [1.165, 1.54) is 7.11 Å². The van der Waals surface area contributed by atoms with Gasteiger partial charge in [-0.15, -0.1) is 0 Å². The lowest BCUT2D eigenvalue weighted by molar-refractivity contribution is -0.129. The summed E-state index contributed by atoms with van der Waals surface area (Å²) in [6.07, 6.45) is 0. The minimum absolute atomic E-state index is 0.0727. The lowest BCUT2D eigenvalue weighted by atomic mass is 10.0. The van der Waals surface area contributed by atoms with Gasteiger partial charge in [-0.25, -0.2) is 4.98 Å². The smallest absolute Gasteiger partial charge is 0.252 e. The number of rotatable bonds is 9. The first kappa shape index (κ1) is 23.8. The average Bonchev–Trinajstić information content (AvgIpc) is 2.86. The van der Waals surface area contributed by atoms with Gasteiger partial charge in [0.05, 0.1) is 44.6 Å². The predicted molar refractivity (Wildman–Crippen MR) is 127 cm³/mol. The van der Waals surface area contributed by atoms with Crippen molar-refractivity contribution >= 4 is 22.7 Å². The molecule has 2 amide bonds. The highest BCUT2D eigenvalue weighted by Gasteiger charge is 2.19. The first-order chi connectivity index (χ1) is 16.0. The van der Waals surface area contributed by atoms with Crippen molar-refractivity contribution in [1.82, 2.24) is 15.2 Å². The zero-order valence-corrected chi connectivity index (χ0v) is 19.6. The molecule has 0 fully saturated rings. The highest BCUT2D eigenvalue weighted by molar-refractivity contribution is 6.08. The molecule has 0 aliphatic carbocycles. The summed E-state index contributed by atoms with van der Waals surface area (Å²) in [5.41, 5.74) is 2.34. The number of nitrogens with one attached hydrogen (secondary N) is 1. The molecule has 0 spiro atoms. The monoisotopic (exact) mass is 451 g/mol. The largest absolute Gasteiger partial charge is 0.493 e. The van der Waals surface area contributed by atoms with Crippen molar-refractivity contribution in [2.75, 3.05) is 41.0 Å². The van der Waals surface area contributed by atoms with E-state index in [2.05, 4.69) is 5.32 Å². The van der Waals surface area contributed by atoms with Crippen LogP contribution in [-0.2, 0) is 4.79 Å². The number of fused-ring (bicyclic) bond motifs is 1. The summed E-state index contributed by atoms with van der Waals surface area (Å²) in [6.45, 7) is 4.92. The van der Waals surface area contributed by atoms with Gasteiger partial charge in [-0.1, -0.05) is 18.2 Å². The number of methoxy groups -OCH3 is 3. The van der Waals surface area contributed by atoms with Crippen molar-refractivity contribution in [3.05, 3.63) is 48.0 Å². The SMILES string of the molecule is CCN(CC)C(=O)CNC(=O)c1cc(-c2cc(OC)c(OC)c(OC)c2)nc2ccccc12. The molecule has 0 atom stereocenters. The van der Waals surface area contributed by atoms with Gasteiger partial charge in [-0.05, 0) is 38.1 Å². The van der Waals surface area contributed by atoms with Crippen LogP contribution >= 0.6 is 0 Å². The number of aromatic nitrogens is 1. The molecule has 2 aromatic carbocycles. The summed E-state index contributed by atoms with van der Waals surface area (Å²) in [5.74, 6) is 0.965. The highest BCUT2D eigenvalue weighted by atomic mass is 16.5. The number of pyridine rings is 1. The number of carbonyl (C=O) groups excluding carboxylic acids is 2. The number of hydrogen-bond acceptors (Lipinski definition) is 6. The standard InChI is InChI=1S/C25H29N3O5/c1-6-28(7-2)23(29)15-26-25(30)18-14-20(27-19-11-9-8-10-17(18)19)16-12-21(31-3)24(33-5)22(13-16)32-4/h8-14H,6-7,15H2,1-5H3,(H,26,30). The van der Waals surface area contributed by atoms with Crippen LogP contribution in [0.15, 0.2) is 42.5 Å². The Kier molecular flexibility index (Phi) is 7.71. The summed E-state index contributed by atoms with van der Waals surface area (Å²) < 4.78 is 16.3. The van der Waals surface area contributed by atoms with Crippen LogP contribution in [-0.4, -0.2) is 62.7 Å². The van der Waals surface area contributed by atoms with E-state index >= 15 is 0 Å². The van der Waals surface area contributed by atoms with E-state index in [1.807, 2.05) is 38.1 Å². The van der Waals surface area contributed by atoms with Crippen molar-refractivity contribution < 1.29 is 23.8 Å². The number of ether oxygens (including phenoxy) is 3. The van der Waals surface area contributed by atoms with Crippen LogP contribution in [0.3, 0.4) is 0 Å². The number of carbonyl (C=O) groups is 2. The second-order valence-electron chi connectivity index (χ2n) is 7.23. The lowest BCUT2D eigenvalue weighted by Crippen LogP contribution is -2.40. The van der Waals surface area contributed by atoms with Crippen LogP contribution in [0, 0.1) is 0 Å². The fraction of sp³-hybridized carbons (Fsp3) is 0.320. The Balaban J connectivity index is 2.05. The van der Waals surface area contributed by atoms with Gasteiger partial charge < -0.3 is 24.4 Å². The molecule has 0 saturated carbocycles. The molecule has 0 aliphatic rings. The summed E-state index contributed by atoms with van der Waals surface area (Å²) in [5, 5.41) is 3.45. The topological polar surface area (TPSA) is 90.0 Å².